The summed E-state index contributed by atoms with van der Waals surface area (Å²) in [7, 11) is 0. The van der Waals surface area contributed by atoms with E-state index in [2.05, 4.69) is 10.6 Å². The van der Waals surface area contributed by atoms with Crippen LogP contribution in [-0.4, -0.2) is 46.4 Å². The lowest BCUT2D eigenvalue weighted by Crippen LogP contribution is -2.56. The summed E-state index contributed by atoms with van der Waals surface area (Å²) in [6.45, 7) is 0.289. The van der Waals surface area contributed by atoms with Crippen LogP contribution in [0.15, 0.2) is 47.9 Å². The molecule has 1 aromatic carbocycles. The molecule has 2 N–H and O–H groups in total. The number of nitrogens with one attached hydrogen (secondary N) is 2. The summed E-state index contributed by atoms with van der Waals surface area (Å²) in [5, 5.41) is 8.79. The predicted octanol–water partition coefficient (Wildman–Crippen LogP) is 4.79. The lowest BCUT2D eigenvalue weighted by atomic mass is 9.74. The number of fused-ring (bicyclic) bond motifs is 1. The minimum Gasteiger partial charge on any atom is -0.359 e. The zero-order valence-corrected chi connectivity index (χ0v) is 22.3. The number of carbonyl (C=O) groups excluding carboxylic acids is 3. The third-order valence-electron chi connectivity index (χ3n) is 7.91. The van der Waals surface area contributed by atoms with Gasteiger partial charge in [-0.05, 0) is 42.5 Å². The third kappa shape index (κ3) is 4.38. The van der Waals surface area contributed by atoms with Crippen LogP contribution in [0, 0.1) is 11.8 Å². The molecule has 2 bridgehead atoms. The second-order valence-electron chi connectivity index (χ2n) is 10.2. The van der Waals surface area contributed by atoms with Gasteiger partial charge in [0.1, 0.15) is 11.6 Å². The Balaban J connectivity index is 1.32. The van der Waals surface area contributed by atoms with Crippen LogP contribution in [-0.2, 0) is 25.7 Å². The number of hydrogen-bond acceptors (Lipinski definition) is 5. The van der Waals surface area contributed by atoms with Crippen LogP contribution >= 0.6 is 34.5 Å². The van der Waals surface area contributed by atoms with Gasteiger partial charge in [0.2, 0.25) is 17.7 Å². The van der Waals surface area contributed by atoms with Gasteiger partial charge in [-0.15, -0.1) is 11.3 Å². The van der Waals surface area contributed by atoms with Gasteiger partial charge in [0.25, 0.3) is 0 Å². The first-order chi connectivity index (χ1) is 17.9. The first-order valence-electron chi connectivity index (χ1n) is 12.6. The van der Waals surface area contributed by atoms with Gasteiger partial charge in [-0.25, -0.2) is 0 Å². The van der Waals surface area contributed by atoms with E-state index in [0.717, 1.165) is 30.6 Å². The van der Waals surface area contributed by atoms with E-state index in [-0.39, 0.29) is 30.3 Å². The zero-order chi connectivity index (χ0) is 25.7. The molecule has 4 heterocycles. The Labute approximate surface area is 229 Å². The second kappa shape index (κ2) is 9.73. The van der Waals surface area contributed by atoms with Crippen molar-refractivity contribution >= 4 is 57.9 Å². The monoisotopic (exact) mass is 559 g/mol. The number of rotatable bonds is 6. The van der Waals surface area contributed by atoms with Crippen LogP contribution in [0.25, 0.3) is 0 Å². The van der Waals surface area contributed by atoms with E-state index < -0.39 is 29.6 Å². The molecule has 194 valence electrons. The number of nitrogens with zero attached hydrogens (tertiary/aromatic N) is 1. The van der Waals surface area contributed by atoms with Crippen molar-refractivity contribution in [3.05, 3.63) is 62.8 Å². The summed E-state index contributed by atoms with van der Waals surface area (Å²) in [6, 6.07) is 7.89. The summed E-state index contributed by atoms with van der Waals surface area (Å²) < 4.78 is 6.40. The average Bonchev–Trinajstić information content (AvgIpc) is 3.62. The maximum absolute atomic E-state index is 14.0. The molecule has 7 nitrogen and oxygen atoms in total. The average molecular weight is 561 g/mol. The van der Waals surface area contributed by atoms with Crippen molar-refractivity contribution in [1.82, 2.24) is 10.2 Å². The minimum absolute atomic E-state index is 0.0876. The van der Waals surface area contributed by atoms with E-state index >= 15 is 0 Å². The fourth-order valence-electron chi connectivity index (χ4n) is 6.39. The Morgan fingerprint density at radius 1 is 1.11 bits per heavy atom. The first-order valence-corrected chi connectivity index (χ1v) is 14.3. The number of hydrogen-bond donors (Lipinski definition) is 2. The summed E-state index contributed by atoms with van der Waals surface area (Å²) in [4.78, 5) is 43.9. The number of amides is 3. The first kappa shape index (κ1) is 24.9. The molecule has 10 heteroatoms. The number of halogens is 2. The number of thiophene rings is 1. The summed E-state index contributed by atoms with van der Waals surface area (Å²) in [6.07, 6.45) is 8.24. The third-order valence-corrected chi connectivity index (χ3v) is 9.21. The Morgan fingerprint density at radius 3 is 2.57 bits per heavy atom. The lowest BCUT2D eigenvalue weighted by Gasteiger charge is -2.34. The number of carbonyl (C=O) groups is 3. The Bertz CT molecular complexity index is 1240. The van der Waals surface area contributed by atoms with Gasteiger partial charge < -0.3 is 20.3 Å². The van der Waals surface area contributed by atoms with Crippen molar-refractivity contribution < 1.29 is 19.1 Å². The van der Waals surface area contributed by atoms with Gasteiger partial charge >= 0.3 is 0 Å². The minimum atomic E-state index is -1.19. The molecule has 1 saturated carbocycles. The molecule has 4 aliphatic rings. The van der Waals surface area contributed by atoms with Gasteiger partial charge in [-0.2, -0.15) is 0 Å². The van der Waals surface area contributed by atoms with Gasteiger partial charge in [0, 0.05) is 26.7 Å². The maximum Gasteiger partial charge on any atom is 0.246 e. The highest BCUT2D eigenvalue weighted by atomic mass is 35.5. The second-order valence-corrected chi connectivity index (χ2v) is 12.1. The predicted molar refractivity (Wildman–Crippen MR) is 142 cm³/mol. The molecule has 1 aromatic heterocycles. The Kier molecular flexibility index (Phi) is 6.55. The normalized spacial score (nSPS) is 30.5. The molecule has 5 unspecified atom stereocenters. The SMILES string of the molecule is O=C(Nc1cc(Cl)cc(Cl)c1)C1C2C=CC3(O2)C1C(=O)N(Cc1cccs1)C3C(=O)NC1CCCCC1. The molecule has 2 aromatic rings. The molecule has 2 saturated heterocycles. The van der Waals surface area contributed by atoms with Crippen LogP contribution in [0.1, 0.15) is 37.0 Å². The fraction of sp³-hybridized carbons (Fsp3) is 0.444. The molecule has 0 radical (unpaired) electrons. The van der Waals surface area contributed by atoms with Gasteiger partial charge in [-0.1, -0.05) is 60.7 Å². The van der Waals surface area contributed by atoms with E-state index in [4.69, 9.17) is 27.9 Å². The lowest BCUT2D eigenvalue weighted by molar-refractivity contribution is -0.142. The van der Waals surface area contributed by atoms with E-state index in [1.54, 1.807) is 23.1 Å². The highest BCUT2D eigenvalue weighted by Crippen LogP contribution is 2.55. The fourth-order valence-corrected chi connectivity index (χ4v) is 7.62. The van der Waals surface area contributed by atoms with Crippen LogP contribution in [0.2, 0.25) is 10.0 Å². The van der Waals surface area contributed by atoms with Crippen molar-refractivity contribution in [2.45, 2.75) is 62.4 Å². The zero-order valence-electron chi connectivity index (χ0n) is 20.0. The van der Waals surface area contributed by atoms with E-state index in [0.29, 0.717) is 15.7 Å². The smallest absolute Gasteiger partial charge is 0.246 e. The molecule has 6 rings (SSSR count). The largest absolute Gasteiger partial charge is 0.359 e. The van der Waals surface area contributed by atoms with E-state index in [9.17, 15) is 14.4 Å². The van der Waals surface area contributed by atoms with E-state index in [1.165, 1.54) is 17.8 Å². The van der Waals surface area contributed by atoms with E-state index in [1.807, 2.05) is 29.7 Å². The standard InChI is InChI=1S/C27H27Cl2N3O4S/c28-15-11-16(29)13-18(12-15)31-24(33)21-20-8-9-27(36-20)22(21)26(35)32(14-19-7-4-10-37-19)23(27)25(34)30-17-5-2-1-3-6-17/h4,7-13,17,20-23H,1-3,5-6,14H2,(H,30,34)(H,31,33). The van der Waals surface area contributed by atoms with Crippen molar-refractivity contribution in [2.75, 3.05) is 5.32 Å². The van der Waals surface area contributed by atoms with Crippen molar-refractivity contribution in [1.29, 1.82) is 0 Å². The van der Waals surface area contributed by atoms with Crippen LogP contribution < -0.4 is 10.6 Å². The topological polar surface area (TPSA) is 87.7 Å². The Morgan fingerprint density at radius 2 is 1.86 bits per heavy atom. The van der Waals surface area contributed by atoms with Gasteiger partial charge in [-0.3, -0.25) is 14.4 Å². The number of likely N-dealkylation sites (tertiary alicyclic amines) is 1. The molecule has 3 fully saturated rings. The maximum atomic E-state index is 14.0. The van der Waals surface area contributed by atoms with Crippen molar-refractivity contribution in [3.8, 4) is 0 Å². The van der Waals surface area contributed by atoms with Crippen LogP contribution in [0.4, 0.5) is 5.69 Å². The molecule has 5 atom stereocenters. The molecular formula is C27H27Cl2N3O4S. The van der Waals surface area contributed by atoms with Crippen molar-refractivity contribution in [3.63, 3.8) is 0 Å². The molecule has 37 heavy (non-hydrogen) atoms. The molecule has 1 aliphatic carbocycles. The van der Waals surface area contributed by atoms with Gasteiger partial charge in [0.05, 0.1) is 24.5 Å². The molecular weight excluding hydrogens is 533 g/mol. The number of anilines is 1. The summed E-state index contributed by atoms with van der Waals surface area (Å²) in [5.74, 6) is -2.41. The van der Waals surface area contributed by atoms with Crippen LogP contribution in [0.5, 0.6) is 0 Å². The number of benzene rings is 1. The van der Waals surface area contributed by atoms with Gasteiger partial charge in [0.15, 0.2) is 0 Å². The molecule has 1 spiro atoms. The summed E-state index contributed by atoms with van der Waals surface area (Å²) in [5.41, 5.74) is -0.748. The quantitative estimate of drug-likeness (QED) is 0.498. The Hall–Kier alpha value is -2.39. The molecule has 3 amide bonds. The highest BCUT2D eigenvalue weighted by Gasteiger charge is 2.72. The number of ether oxygens (including phenoxy) is 1. The molecule has 3 aliphatic heterocycles. The van der Waals surface area contributed by atoms with Crippen LogP contribution in [0.3, 0.4) is 0 Å². The summed E-state index contributed by atoms with van der Waals surface area (Å²) >= 11 is 13.8. The van der Waals surface area contributed by atoms with Crippen molar-refractivity contribution in [2.24, 2.45) is 11.8 Å². The highest BCUT2D eigenvalue weighted by molar-refractivity contribution is 7.09.